The first-order valence-electron chi connectivity index (χ1n) is 5.52. The van der Waals surface area contributed by atoms with Crippen molar-refractivity contribution in [3.63, 3.8) is 0 Å². The monoisotopic (exact) mass is 355 g/mol. The molecule has 0 fully saturated rings. The fraction of sp³-hybridized carbons (Fsp3) is 0. The van der Waals surface area contributed by atoms with E-state index in [4.69, 9.17) is 0 Å². The lowest BCUT2D eigenvalue weighted by Gasteiger charge is -2.19. The average Bonchev–Trinajstić information content (AvgIpc) is 2.39. The normalized spacial score (nSPS) is 11.1. The Kier molecular flexibility index (Phi) is 4.10. The Balaban J connectivity index is 2.57. The van der Waals surface area contributed by atoms with Crippen LogP contribution in [-0.2, 0) is 10.0 Å². The molecule has 20 heavy (non-hydrogen) atoms. The van der Waals surface area contributed by atoms with Crippen LogP contribution in [0.3, 0.4) is 0 Å². The highest BCUT2D eigenvalue weighted by atomic mass is 79.9. The van der Waals surface area contributed by atoms with Crippen molar-refractivity contribution >= 4 is 37.7 Å². The number of hydrogen-bond acceptors (Lipinski definition) is 3. The highest BCUT2D eigenvalue weighted by Gasteiger charge is 2.30. The molecule has 2 aromatic rings. The van der Waals surface area contributed by atoms with Gasteiger partial charge in [-0.25, -0.2) is 13.2 Å². The van der Waals surface area contributed by atoms with Crippen molar-refractivity contribution in [2.75, 3.05) is 4.31 Å². The van der Waals surface area contributed by atoms with Crippen LogP contribution < -0.4 is 4.31 Å². The first-order valence-corrected chi connectivity index (χ1v) is 7.75. The van der Waals surface area contributed by atoms with E-state index < -0.39 is 16.1 Å². The molecule has 0 spiro atoms. The summed E-state index contributed by atoms with van der Waals surface area (Å²) in [5, 5.41) is 9.23. The van der Waals surface area contributed by atoms with Crippen LogP contribution in [0.25, 0.3) is 0 Å². The van der Waals surface area contributed by atoms with E-state index in [0.717, 1.165) is 0 Å². The second-order valence-electron chi connectivity index (χ2n) is 3.84. The number of carbonyl (C=O) groups is 1. The Hall–Kier alpha value is -1.86. The van der Waals surface area contributed by atoms with Crippen LogP contribution in [0.4, 0.5) is 10.5 Å². The lowest BCUT2D eigenvalue weighted by Crippen LogP contribution is -2.35. The van der Waals surface area contributed by atoms with Crippen molar-refractivity contribution in [2.24, 2.45) is 0 Å². The van der Waals surface area contributed by atoms with E-state index in [1.807, 2.05) is 0 Å². The third-order valence-electron chi connectivity index (χ3n) is 2.50. The minimum Gasteiger partial charge on any atom is -0.464 e. The molecule has 7 heteroatoms. The second-order valence-corrected chi connectivity index (χ2v) is 6.55. The van der Waals surface area contributed by atoms with Gasteiger partial charge in [0.15, 0.2) is 0 Å². The van der Waals surface area contributed by atoms with Gasteiger partial charge in [-0.2, -0.15) is 4.31 Å². The lowest BCUT2D eigenvalue weighted by molar-refractivity contribution is 0.206. The molecule has 1 N–H and O–H groups in total. The SMILES string of the molecule is O=C(O)N(c1ccccc1)S(=O)(=O)c1cccc(Br)c1. The summed E-state index contributed by atoms with van der Waals surface area (Å²) in [6.45, 7) is 0. The van der Waals surface area contributed by atoms with Crippen molar-refractivity contribution in [1.29, 1.82) is 0 Å². The van der Waals surface area contributed by atoms with Crippen molar-refractivity contribution < 1.29 is 18.3 Å². The number of nitrogens with zero attached hydrogens (tertiary/aromatic N) is 1. The molecule has 0 atom stereocenters. The fourth-order valence-electron chi connectivity index (χ4n) is 1.65. The van der Waals surface area contributed by atoms with Crippen LogP contribution in [0.2, 0.25) is 0 Å². The third kappa shape index (κ3) is 2.83. The van der Waals surface area contributed by atoms with Crippen LogP contribution >= 0.6 is 15.9 Å². The van der Waals surface area contributed by atoms with Gasteiger partial charge >= 0.3 is 6.09 Å². The maximum atomic E-state index is 12.5. The fourth-order valence-corrected chi connectivity index (χ4v) is 3.54. The molecule has 2 rings (SSSR count). The molecular weight excluding hydrogens is 346 g/mol. The Labute approximate surface area is 124 Å². The number of amides is 1. The molecule has 0 aliphatic carbocycles. The molecule has 104 valence electrons. The molecule has 0 aliphatic rings. The summed E-state index contributed by atoms with van der Waals surface area (Å²) in [6, 6.07) is 13.5. The van der Waals surface area contributed by atoms with Gasteiger partial charge in [-0.1, -0.05) is 40.2 Å². The zero-order chi connectivity index (χ0) is 14.8. The predicted molar refractivity (Wildman–Crippen MR) is 78.3 cm³/mol. The van der Waals surface area contributed by atoms with Gasteiger partial charge in [0.05, 0.1) is 10.6 Å². The molecule has 0 heterocycles. The summed E-state index contributed by atoms with van der Waals surface area (Å²) in [5.74, 6) is 0. The molecule has 0 aromatic heterocycles. The van der Waals surface area contributed by atoms with Crippen molar-refractivity contribution in [1.82, 2.24) is 0 Å². The van der Waals surface area contributed by atoms with Gasteiger partial charge < -0.3 is 5.11 Å². The third-order valence-corrected chi connectivity index (χ3v) is 4.69. The highest BCUT2D eigenvalue weighted by molar-refractivity contribution is 9.10. The largest absolute Gasteiger partial charge is 0.464 e. The first-order chi connectivity index (χ1) is 9.43. The molecule has 0 radical (unpaired) electrons. The molecule has 0 bridgehead atoms. The van der Waals surface area contributed by atoms with Crippen LogP contribution in [0, 0.1) is 0 Å². The van der Waals surface area contributed by atoms with Gasteiger partial charge in [0.25, 0.3) is 10.0 Å². The highest BCUT2D eigenvalue weighted by Crippen LogP contribution is 2.25. The minimum absolute atomic E-state index is 0.0694. The van der Waals surface area contributed by atoms with E-state index >= 15 is 0 Å². The molecule has 1 amide bonds. The Morgan fingerprint density at radius 3 is 2.25 bits per heavy atom. The van der Waals surface area contributed by atoms with E-state index in [0.29, 0.717) is 8.78 Å². The maximum absolute atomic E-state index is 12.5. The smallest absolute Gasteiger partial charge is 0.426 e. The minimum atomic E-state index is -4.17. The van der Waals surface area contributed by atoms with Crippen LogP contribution in [-0.4, -0.2) is 19.6 Å². The predicted octanol–water partition coefficient (Wildman–Crippen LogP) is 3.32. The summed E-state index contributed by atoms with van der Waals surface area (Å²) >= 11 is 3.17. The molecule has 5 nitrogen and oxygen atoms in total. The van der Waals surface area contributed by atoms with Gasteiger partial charge in [-0.05, 0) is 30.3 Å². The zero-order valence-electron chi connectivity index (χ0n) is 10.1. The number of carboxylic acid groups (broad SMARTS) is 1. The van der Waals surface area contributed by atoms with E-state index in [1.54, 1.807) is 24.3 Å². The van der Waals surface area contributed by atoms with E-state index in [-0.39, 0.29) is 10.6 Å². The topological polar surface area (TPSA) is 74.7 Å². The van der Waals surface area contributed by atoms with E-state index in [9.17, 15) is 18.3 Å². The standard InChI is InChI=1S/C13H10BrNO4S/c14-10-5-4-8-12(9-10)20(18,19)15(13(16)17)11-6-2-1-3-7-11/h1-9H,(H,16,17). The Morgan fingerprint density at radius 1 is 1.05 bits per heavy atom. The molecular formula is C13H10BrNO4S. The first kappa shape index (κ1) is 14.5. The van der Waals surface area contributed by atoms with Crippen molar-refractivity contribution in [3.8, 4) is 0 Å². The number of rotatable bonds is 3. The summed E-state index contributed by atoms with van der Waals surface area (Å²) in [5.41, 5.74) is 0.0694. The molecule has 0 saturated heterocycles. The number of sulfonamides is 1. The van der Waals surface area contributed by atoms with Gasteiger partial charge in [0.1, 0.15) is 0 Å². The van der Waals surface area contributed by atoms with Crippen molar-refractivity contribution in [2.45, 2.75) is 4.90 Å². The van der Waals surface area contributed by atoms with Gasteiger partial charge in [-0.3, -0.25) is 0 Å². The number of benzene rings is 2. The average molecular weight is 356 g/mol. The quantitative estimate of drug-likeness (QED) is 0.916. The molecule has 2 aromatic carbocycles. The number of para-hydroxylation sites is 1. The number of anilines is 1. The number of halogens is 1. The van der Waals surface area contributed by atoms with Crippen LogP contribution in [0.15, 0.2) is 64.0 Å². The molecule has 0 saturated carbocycles. The zero-order valence-corrected chi connectivity index (χ0v) is 12.5. The molecule has 0 unspecified atom stereocenters. The van der Waals surface area contributed by atoms with E-state index in [2.05, 4.69) is 15.9 Å². The summed E-state index contributed by atoms with van der Waals surface area (Å²) < 4.78 is 25.8. The second kappa shape index (κ2) is 5.64. The molecule has 0 aliphatic heterocycles. The van der Waals surface area contributed by atoms with Gasteiger partial charge in [0.2, 0.25) is 0 Å². The summed E-state index contributed by atoms with van der Waals surface area (Å²) in [6.07, 6.45) is -1.56. The maximum Gasteiger partial charge on any atom is 0.426 e. The Morgan fingerprint density at radius 2 is 1.70 bits per heavy atom. The van der Waals surface area contributed by atoms with Gasteiger partial charge in [-0.15, -0.1) is 0 Å². The van der Waals surface area contributed by atoms with Crippen LogP contribution in [0.1, 0.15) is 0 Å². The van der Waals surface area contributed by atoms with Crippen LogP contribution in [0.5, 0.6) is 0 Å². The summed E-state index contributed by atoms with van der Waals surface area (Å²) in [7, 11) is -4.17. The number of hydrogen-bond donors (Lipinski definition) is 1. The van der Waals surface area contributed by atoms with Gasteiger partial charge in [0, 0.05) is 4.47 Å². The van der Waals surface area contributed by atoms with Crippen molar-refractivity contribution in [3.05, 3.63) is 59.1 Å². The van der Waals surface area contributed by atoms with E-state index in [1.165, 1.54) is 30.3 Å². The Bertz CT molecular complexity index is 731. The lowest BCUT2D eigenvalue weighted by atomic mass is 10.3. The summed E-state index contributed by atoms with van der Waals surface area (Å²) in [4.78, 5) is 11.2.